The summed E-state index contributed by atoms with van der Waals surface area (Å²) >= 11 is 0. The van der Waals surface area contributed by atoms with Gasteiger partial charge in [0.1, 0.15) is 17.2 Å². The molecular weight excluding hydrogens is 378 g/mol. The van der Waals surface area contributed by atoms with E-state index in [1.165, 1.54) is 0 Å². The first-order valence-corrected chi connectivity index (χ1v) is 9.87. The Morgan fingerprint density at radius 3 is 2.73 bits per heavy atom. The van der Waals surface area contributed by atoms with Crippen LogP contribution in [-0.4, -0.2) is 27.9 Å². The number of hydrogen-bond donors (Lipinski definition) is 2. The molecule has 3 aromatic heterocycles. The van der Waals surface area contributed by atoms with Gasteiger partial charge in [-0.1, -0.05) is 18.2 Å². The maximum absolute atomic E-state index is 12.2. The molecule has 150 valence electrons. The van der Waals surface area contributed by atoms with E-state index in [0.29, 0.717) is 23.1 Å². The van der Waals surface area contributed by atoms with Crippen molar-refractivity contribution in [3.8, 4) is 11.5 Å². The number of anilines is 2. The summed E-state index contributed by atoms with van der Waals surface area (Å²) in [6.07, 6.45) is 5.31. The Morgan fingerprint density at radius 1 is 1.17 bits per heavy atom. The molecule has 5 rings (SSSR count). The van der Waals surface area contributed by atoms with Crippen LogP contribution in [0.5, 0.6) is 0 Å². The zero-order valence-corrected chi connectivity index (χ0v) is 16.8. The summed E-state index contributed by atoms with van der Waals surface area (Å²) in [5, 5.41) is 7.66. The number of aromatic nitrogens is 3. The second kappa shape index (κ2) is 6.95. The number of nitrogens with zero attached hydrogens (tertiary/aromatic N) is 3. The first-order valence-electron chi connectivity index (χ1n) is 9.87. The number of fused-ring (bicyclic) bond motifs is 2. The summed E-state index contributed by atoms with van der Waals surface area (Å²) in [6, 6.07) is 7.68. The number of carbonyl (C=O) groups is 1. The van der Waals surface area contributed by atoms with E-state index in [1.807, 2.05) is 38.2 Å². The molecule has 2 N–H and O–H groups in total. The number of hydrogen-bond acceptors (Lipinski definition) is 6. The Morgan fingerprint density at radius 2 is 2.00 bits per heavy atom. The van der Waals surface area contributed by atoms with Gasteiger partial charge in [0.25, 0.3) is 0 Å². The van der Waals surface area contributed by atoms with Gasteiger partial charge in [0.05, 0.1) is 5.56 Å². The molecular formula is C23H21N5O2. The second-order valence-electron chi connectivity index (χ2n) is 7.63. The van der Waals surface area contributed by atoms with Crippen molar-refractivity contribution in [2.24, 2.45) is 5.92 Å². The fourth-order valence-corrected chi connectivity index (χ4v) is 3.46. The highest BCUT2D eigenvalue weighted by Gasteiger charge is 2.30. The van der Waals surface area contributed by atoms with Gasteiger partial charge in [-0.05, 0) is 43.5 Å². The number of rotatable bonds is 5. The third-order valence-electron chi connectivity index (χ3n) is 5.32. The highest BCUT2D eigenvalue weighted by Crippen LogP contribution is 2.35. The van der Waals surface area contributed by atoms with E-state index in [9.17, 15) is 4.79 Å². The van der Waals surface area contributed by atoms with Gasteiger partial charge in [0.15, 0.2) is 5.58 Å². The minimum Gasteiger partial charge on any atom is -0.436 e. The highest BCUT2D eigenvalue weighted by atomic mass is 16.3. The first kappa shape index (κ1) is 18.3. The van der Waals surface area contributed by atoms with Crippen LogP contribution < -0.4 is 10.6 Å². The Hall–Kier alpha value is -3.74. The summed E-state index contributed by atoms with van der Waals surface area (Å²) in [6.45, 7) is 5.95. The number of amides is 1. The molecule has 0 spiro atoms. The SMILES string of the molecule is C=C(C)c1ccc2oc(-c3cnc(NC)c4cnc(NC(=O)C5CC5)cc34)nc2c1. The lowest BCUT2D eigenvalue weighted by molar-refractivity contribution is -0.117. The van der Waals surface area contributed by atoms with Crippen molar-refractivity contribution in [3.63, 3.8) is 0 Å². The lowest BCUT2D eigenvalue weighted by Crippen LogP contribution is -2.14. The molecule has 7 nitrogen and oxygen atoms in total. The molecule has 4 aromatic rings. The van der Waals surface area contributed by atoms with Crippen LogP contribution in [0.15, 0.2) is 47.7 Å². The van der Waals surface area contributed by atoms with E-state index in [1.54, 1.807) is 12.4 Å². The number of nitrogens with one attached hydrogen (secondary N) is 2. The topological polar surface area (TPSA) is 92.9 Å². The average molecular weight is 399 g/mol. The van der Waals surface area contributed by atoms with Crippen LogP contribution in [-0.2, 0) is 4.79 Å². The van der Waals surface area contributed by atoms with Crippen LogP contribution in [0.4, 0.5) is 11.6 Å². The quantitative estimate of drug-likeness (QED) is 0.498. The molecule has 1 aliphatic rings. The molecule has 1 aliphatic carbocycles. The van der Waals surface area contributed by atoms with Crippen LogP contribution in [0.1, 0.15) is 25.3 Å². The molecule has 1 fully saturated rings. The zero-order valence-electron chi connectivity index (χ0n) is 16.8. The lowest BCUT2D eigenvalue weighted by Gasteiger charge is -2.10. The molecule has 30 heavy (non-hydrogen) atoms. The molecule has 0 unspecified atom stereocenters. The van der Waals surface area contributed by atoms with Crippen molar-refractivity contribution < 1.29 is 9.21 Å². The third kappa shape index (κ3) is 3.18. The fraction of sp³-hybridized carbons (Fsp3) is 0.217. The van der Waals surface area contributed by atoms with E-state index >= 15 is 0 Å². The Kier molecular flexibility index (Phi) is 4.24. The molecule has 7 heteroatoms. The number of pyridine rings is 2. The van der Waals surface area contributed by atoms with Crippen molar-refractivity contribution >= 4 is 45.0 Å². The van der Waals surface area contributed by atoms with Gasteiger partial charge in [-0.2, -0.15) is 0 Å². The molecule has 0 aliphatic heterocycles. The first-order chi connectivity index (χ1) is 14.5. The molecule has 0 bridgehead atoms. The molecule has 1 aromatic carbocycles. The normalized spacial score (nSPS) is 13.5. The Labute approximate surface area is 173 Å². The van der Waals surface area contributed by atoms with Crippen molar-refractivity contribution in [2.75, 3.05) is 17.7 Å². The number of carbonyl (C=O) groups excluding carboxylic acids is 1. The zero-order chi connectivity index (χ0) is 20.8. The minimum atomic E-state index is 0.0143. The molecule has 3 heterocycles. The van der Waals surface area contributed by atoms with E-state index in [0.717, 1.165) is 45.8 Å². The monoisotopic (exact) mass is 399 g/mol. The Bertz CT molecular complexity index is 1320. The largest absolute Gasteiger partial charge is 0.436 e. The maximum Gasteiger partial charge on any atom is 0.229 e. The maximum atomic E-state index is 12.2. The van der Waals surface area contributed by atoms with E-state index in [2.05, 4.69) is 32.2 Å². The van der Waals surface area contributed by atoms with Gasteiger partial charge in [-0.15, -0.1) is 0 Å². The summed E-state index contributed by atoms with van der Waals surface area (Å²) < 4.78 is 6.03. The van der Waals surface area contributed by atoms with E-state index < -0.39 is 0 Å². The summed E-state index contributed by atoms with van der Waals surface area (Å²) in [5.74, 6) is 1.79. The van der Waals surface area contributed by atoms with Crippen LogP contribution in [0, 0.1) is 5.92 Å². The smallest absolute Gasteiger partial charge is 0.229 e. The molecule has 0 radical (unpaired) electrons. The standard InChI is InChI=1S/C23H21N5O2/c1-12(2)14-6-7-19-18(8-14)27-23(30-19)17-11-26-21(24-3)16-10-25-20(9-15(16)17)28-22(29)13-4-5-13/h6-11,13H,1,4-5H2,2-3H3,(H,24,26)(H,25,28,29). The van der Waals surface area contributed by atoms with Gasteiger partial charge < -0.3 is 15.1 Å². The van der Waals surface area contributed by atoms with Crippen molar-refractivity contribution in [3.05, 3.63) is 48.8 Å². The van der Waals surface area contributed by atoms with Gasteiger partial charge in [-0.3, -0.25) is 4.79 Å². The van der Waals surface area contributed by atoms with Gasteiger partial charge >= 0.3 is 0 Å². The van der Waals surface area contributed by atoms with Crippen LogP contribution in [0.3, 0.4) is 0 Å². The van der Waals surface area contributed by atoms with Gasteiger partial charge in [0, 0.05) is 36.1 Å². The van der Waals surface area contributed by atoms with E-state index in [4.69, 9.17) is 4.42 Å². The molecule has 1 saturated carbocycles. The number of allylic oxidation sites excluding steroid dienone is 1. The number of oxazole rings is 1. The van der Waals surface area contributed by atoms with Gasteiger partial charge in [-0.25, -0.2) is 15.0 Å². The summed E-state index contributed by atoms with van der Waals surface area (Å²) in [5.41, 5.74) is 4.17. The Balaban J connectivity index is 1.64. The second-order valence-corrected chi connectivity index (χ2v) is 7.63. The minimum absolute atomic E-state index is 0.0143. The van der Waals surface area contributed by atoms with E-state index in [-0.39, 0.29) is 11.8 Å². The van der Waals surface area contributed by atoms with Crippen LogP contribution >= 0.6 is 0 Å². The van der Waals surface area contributed by atoms with Crippen molar-refractivity contribution in [1.29, 1.82) is 0 Å². The third-order valence-corrected chi connectivity index (χ3v) is 5.32. The van der Waals surface area contributed by atoms with Gasteiger partial charge in [0.2, 0.25) is 11.8 Å². The molecule has 0 atom stereocenters. The lowest BCUT2D eigenvalue weighted by atomic mass is 10.1. The van der Waals surface area contributed by atoms with Crippen LogP contribution in [0.25, 0.3) is 38.9 Å². The summed E-state index contributed by atoms with van der Waals surface area (Å²) in [7, 11) is 1.81. The average Bonchev–Trinajstić information content (AvgIpc) is 3.51. The highest BCUT2D eigenvalue weighted by molar-refractivity contribution is 6.03. The summed E-state index contributed by atoms with van der Waals surface area (Å²) in [4.78, 5) is 25.8. The van der Waals surface area contributed by atoms with Crippen molar-refractivity contribution in [2.45, 2.75) is 19.8 Å². The van der Waals surface area contributed by atoms with Crippen molar-refractivity contribution in [1.82, 2.24) is 15.0 Å². The predicted octanol–water partition coefficient (Wildman–Crippen LogP) is 4.86. The number of benzene rings is 1. The fourth-order valence-electron chi connectivity index (χ4n) is 3.46. The molecule has 1 amide bonds. The van der Waals surface area contributed by atoms with Crippen LogP contribution in [0.2, 0.25) is 0 Å². The predicted molar refractivity (Wildman–Crippen MR) is 118 cm³/mol. The molecule has 0 saturated heterocycles.